The van der Waals surface area contributed by atoms with Crippen LogP contribution in [0.3, 0.4) is 0 Å². The first kappa shape index (κ1) is 21.3. The third-order valence-electron chi connectivity index (χ3n) is 3.88. The minimum atomic E-state index is -1.02. The zero-order valence-electron chi connectivity index (χ0n) is 15.0. The van der Waals surface area contributed by atoms with Crippen molar-refractivity contribution in [2.75, 3.05) is 12.3 Å². The number of carboxylic acid groups (broad SMARTS) is 1. The van der Waals surface area contributed by atoms with E-state index in [1.165, 1.54) is 30.5 Å². The van der Waals surface area contributed by atoms with Crippen LogP contribution in [0.25, 0.3) is 0 Å². The number of hydrogen-bond acceptors (Lipinski definition) is 7. The maximum atomic E-state index is 12.4. The van der Waals surface area contributed by atoms with Gasteiger partial charge in [0.05, 0.1) is 0 Å². The molecule has 2 rings (SSSR count). The second-order valence-electron chi connectivity index (χ2n) is 6.03. The molecule has 7 nitrogen and oxygen atoms in total. The van der Waals surface area contributed by atoms with Crippen molar-refractivity contribution in [3.8, 4) is 5.75 Å². The minimum Gasteiger partial charge on any atom is -0.480 e. The summed E-state index contributed by atoms with van der Waals surface area (Å²) in [5.74, 6) is -0.860. The molecule has 1 unspecified atom stereocenters. The molecular formula is C18H21NO6S2. The van der Waals surface area contributed by atoms with E-state index in [0.717, 1.165) is 16.7 Å². The van der Waals surface area contributed by atoms with E-state index >= 15 is 0 Å². The SMILES string of the molecule is CC(=O)Oc1ccc(SC2C[C@@H](C(=O)O)N(C(=O)CCSC(C)=O)C2)cc1. The number of esters is 1. The van der Waals surface area contributed by atoms with Crippen molar-refractivity contribution in [1.29, 1.82) is 0 Å². The Kier molecular flexibility index (Phi) is 7.73. The van der Waals surface area contributed by atoms with E-state index in [1.54, 1.807) is 24.3 Å². The molecule has 1 aromatic carbocycles. The van der Waals surface area contributed by atoms with Crippen LogP contribution in [-0.4, -0.2) is 56.6 Å². The number of hydrogen-bond donors (Lipinski definition) is 1. The lowest BCUT2D eigenvalue weighted by Gasteiger charge is -2.21. The third kappa shape index (κ3) is 6.59. The van der Waals surface area contributed by atoms with Crippen LogP contribution in [0, 0.1) is 0 Å². The fourth-order valence-electron chi connectivity index (χ4n) is 2.76. The summed E-state index contributed by atoms with van der Waals surface area (Å²) < 4.78 is 4.99. The number of carbonyl (C=O) groups excluding carboxylic acids is 3. The second-order valence-corrected chi connectivity index (χ2v) is 8.68. The molecule has 0 aliphatic carbocycles. The zero-order valence-corrected chi connectivity index (χ0v) is 16.7. The zero-order chi connectivity index (χ0) is 20.0. The summed E-state index contributed by atoms with van der Waals surface area (Å²) >= 11 is 2.55. The number of benzene rings is 1. The van der Waals surface area contributed by atoms with E-state index in [9.17, 15) is 24.3 Å². The van der Waals surface area contributed by atoms with E-state index < -0.39 is 18.0 Å². The highest BCUT2D eigenvalue weighted by Gasteiger charge is 2.39. The van der Waals surface area contributed by atoms with E-state index in [1.807, 2.05) is 0 Å². The van der Waals surface area contributed by atoms with Crippen LogP contribution in [0.5, 0.6) is 5.75 Å². The van der Waals surface area contributed by atoms with Crippen molar-refractivity contribution in [1.82, 2.24) is 4.90 Å². The summed E-state index contributed by atoms with van der Waals surface area (Å²) in [4.78, 5) is 48.1. The van der Waals surface area contributed by atoms with Crippen LogP contribution in [0.4, 0.5) is 0 Å². The summed E-state index contributed by atoms with van der Waals surface area (Å²) in [6, 6.07) is 6.10. The van der Waals surface area contributed by atoms with Crippen LogP contribution in [0.1, 0.15) is 26.7 Å². The van der Waals surface area contributed by atoms with Gasteiger partial charge in [-0.05, 0) is 30.7 Å². The first-order valence-electron chi connectivity index (χ1n) is 8.37. The van der Waals surface area contributed by atoms with E-state index in [2.05, 4.69) is 0 Å². The van der Waals surface area contributed by atoms with Crippen molar-refractivity contribution in [2.24, 2.45) is 0 Å². The Hall–Kier alpha value is -2.00. The van der Waals surface area contributed by atoms with Crippen LogP contribution in [0.2, 0.25) is 0 Å². The number of carbonyl (C=O) groups is 4. The first-order valence-corrected chi connectivity index (χ1v) is 10.2. The number of likely N-dealkylation sites (tertiary alicyclic amines) is 1. The Morgan fingerprint density at radius 1 is 1.19 bits per heavy atom. The maximum Gasteiger partial charge on any atom is 0.326 e. The van der Waals surface area contributed by atoms with E-state index in [0.29, 0.717) is 24.5 Å². The van der Waals surface area contributed by atoms with Crippen molar-refractivity contribution in [3.05, 3.63) is 24.3 Å². The van der Waals surface area contributed by atoms with Gasteiger partial charge in [-0.15, -0.1) is 11.8 Å². The summed E-state index contributed by atoms with van der Waals surface area (Å²) in [7, 11) is 0. The molecule has 1 heterocycles. The molecule has 1 amide bonds. The molecule has 27 heavy (non-hydrogen) atoms. The second kappa shape index (κ2) is 9.80. The summed E-state index contributed by atoms with van der Waals surface area (Å²) in [5.41, 5.74) is 0. The Balaban J connectivity index is 1.96. The van der Waals surface area contributed by atoms with Gasteiger partial charge in [-0.25, -0.2) is 4.79 Å². The van der Waals surface area contributed by atoms with Gasteiger partial charge in [0.25, 0.3) is 0 Å². The molecule has 0 spiro atoms. The molecule has 1 aliphatic rings. The number of carboxylic acids is 1. The summed E-state index contributed by atoms with van der Waals surface area (Å²) in [6.45, 7) is 3.11. The molecule has 146 valence electrons. The van der Waals surface area contributed by atoms with Crippen molar-refractivity contribution in [2.45, 2.75) is 42.9 Å². The van der Waals surface area contributed by atoms with Crippen LogP contribution >= 0.6 is 23.5 Å². The van der Waals surface area contributed by atoms with Gasteiger partial charge in [0.1, 0.15) is 11.8 Å². The Morgan fingerprint density at radius 2 is 1.85 bits per heavy atom. The number of thioether (sulfide) groups is 2. The van der Waals surface area contributed by atoms with Gasteiger partial charge in [0.2, 0.25) is 5.91 Å². The molecule has 1 saturated heterocycles. The topological polar surface area (TPSA) is 101 Å². The van der Waals surface area contributed by atoms with E-state index in [4.69, 9.17) is 4.74 Å². The number of ether oxygens (including phenoxy) is 1. The number of rotatable bonds is 7. The lowest BCUT2D eigenvalue weighted by molar-refractivity contribution is -0.148. The van der Waals surface area contributed by atoms with Crippen molar-refractivity contribution in [3.63, 3.8) is 0 Å². The molecule has 2 atom stereocenters. The van der Waals surface area contributed by atoms with Crippen LogP contribution in [0.15, 0.2) is 29.2 Å². The summed E-state index contributed by atoms with van der Waals surface area (Å²) in [6.07, 6.45) is 0.500. The Labute approximate surface area is 165 Å². The monoisotopic (exact) mass is 411 g/mol. The lowest BCUT2D eigenvalue weighted by Crippen LogP contribution is -2.40. The van der Waals surface area contributed by atoms with Gasteiger partial charge >= 0.3 is 11.9 Å². The highest BCUT2D eigenvalue weighted by Crippen LogP contribution is 2.34. The van der Waals surface area contributed by atoms with Gasteiger partial charge < -0.3 is 14.7 Å². The predicted octanol–water partition coefficient (Wildman–Crippen LogP) is 2.43. The molecule has 1 aromatic rings. The molecule has 0 aromatic heterocycles. The van der Waals surface area contributed by atoms with Gasteiger partial charge in [-0.3, -0.25) is 14.4 Å². The predicted molar refractivity (Wildman–Crippen MR) is 103 cm³/mol. The molecule has 1 N–H and O–H groups in total. The first-order chi connectivity index (χ1) is 12.8. The number of nitrogens with zero attached hydrogens (tertiary/aromatic N) is 1. The lowest BCUT2D eigenvalue weighted by atomic mass is 10.2. The number of aliphatic carboxylic acids is 1. The van der Waals surface area contributed by atoms with Gasteiger partial charge in [-0.1, -0.05) is 11.8 Å². The highest BCUT2D eigenvalue weighted by atomic mass is 32.2. The normalized spacial score (nSPS) is 19.0. The third-order valence-corrected chi connectivity index (χ3v) is 5.91. The molecule has 0 radical (unpaired) electrons. The fourth-order valence-corrected chi connectivity index (χ4v) is 4.52. The average Bonchev–Trinajstić information content (AvgIpc) is 3.00. The fraction of sp³-hybridized carbons (Fsp3) is 0.444. The summed E-state index contributed by atoms with van der Waals surface area (Å²) in [5, 5.41) is 9.33. The quantitative estimate of drug-likeness (QED) is 0.539. The highest BCUT2D eigenvalue weighted by molar-refractivity contribution is 8.13. The molecule has 0 bridgehead atoms. The van der Waals surface area contributed by atoms with Gasteiger partial charge in [-0.2, -0.15) is 0 Å². The van der Waals surface area contributed by atoms with Gasteiger partial charge in [0.15, 0.2) is 5.12 Å². The van der Waals surface area contributed by atoms with E-state index in [-0.39, 0.29) is 22.7 Å². The molecular weight excluding hydrogens is 390 g/mol. The van der Waals surface area contributed by atoms with Crippen LogP contribution < -0.4 is 4.74 Å². The molecule has 0 saturated carbocycles. The average molecular weight is 412 g/mol. The minimum absolute atomic E-state index is 0.0462. The molecule has 1 fully saturated rings. The van der Waals surface area contributed by atoms with Gasteiger partial charge in [0, 0.05) is 42.7 Å². The van der Waals surface area contributed by atoms with Crippen LogP contribution in [-0.2, 0) is 19.2 Å². The molecule has 9 heteroatoms. The largest absolute Gasteiger partial charge is 0.480 e. The van der Waals surface area contributed by atoms with Crippen molar-refractivity contribution < 1.29 is 29.0 Å². The smallest absolute Gasteiger partial charge is 0.326 e. The maximum absolute atomic E-state index is 12.4. The number of amides is 1. The molecule has 1 aliphatic heterocycles. The Bertz CT molecular complexity index is 721. The van der Waals surface area contributed by atoms with Crippen molar-refractivity contribution >= 4 is 46.5 Å². The Morgan fingerprint density at radius 3 is 2.41 bits per heavy atom. The standard InChI is InChI=1S/C18H21NO6S2/c1-11(20)25-13-3-5-14(6-4-13)27-15-9-16(18(23)24)19(10-15)17(22)7-8-26-12(2)21/h3-6,15-16H,7-10H2,1-2H3,(H,23,24)/t15?,16-/m0/s1.